The standard InChI is InChI=1S/C15H15N3O2.2C14H16N4O3.2C13H14N4O3.C11H13FN2O.C10H12FN3O/c1-18-13-8-10(12-4-2-3-7-17-12)5-6-14(13)20-9-11(16)15(18)19;2*1-7-4-12-11(18(3)14(19)10(15)6-20-12)5-9(7)13-17-16-8(2)21-13;1-7-15-12(16-20-7)8-3-4-11-10(5-8)17(2)13(18)9(14)6-19-11;1-7-15-12(20-16-7)8-3-4-11-10(5-8)17(2)13(18)9(14)6-19-11;1-6-4-7-2-3-9(13)11(15)14-10(7)8(12)5-6;1-14-9-4-6(11)5-13-8(9)3-2-7(12)10(14)15/h2-8,11H,9,16H2,1H3;2*4-5,10H,6,15H2,1-3H3;2*3-5,9H,6,14H2,1-2H3;4-5,9H,2-3,13H2,1H3,(H,14,15);4-5,7H,2-3,12H2,1H3/t11-;2*10-;3*9-;7-/m0000000/s1. The van der Waals surface area contributed by atoms with Gasteiger partial charge in [0.25, 0.3) is 5.89 Å². The van der Waals surface area contributed by atoms with Crippen LogP contribution >= 0.6 is 0 Å². The van der Waals surface area contributed by atoms with E-state index in [9.17, 15) is 42.3 Å². The number of anilines is 7. The fraction of sp³-hybridized carbons (Fsp3) is 0.322. The molecule has 6 aromatic carbocycles. The van der Waals surface area contributed by atoms with Crippen LogP contribution in [0, 0.1) is 60.1 Å². The molecule has 0 aliphatic carbocycles. The molecule has 132 heavy (non-hydrogen) atoms. The number of halogens is 2. The molecule has 0 unspecified atom stereocenters. The number of carbonyl (C=O) groups is 7. The van der Waals surface area contributed by atoms with Crippen molar-refractivity contribution in [2.75, 3.05) is 110 Å². The highest BCUT2D eigenvalue weighted by molar-refractivity contribution is 6.04. The minimum atomic E-state index is -0.670. The maximum atomic E-state index is 13.6. The maximum absolute atomic E-state index is 13.6. The number of hydrogen-bond donors (Lipinski definition) is 8. The first kappa shape index (κ1) is 94.7. The van der Waals surface area contributed by atoms with Crippen molar-refractivity contribution in [3.8, 4) is 85.8 Å². The van der Waals surface area contributed by atoms with Gasteiger partial charge in [-0.1, -0.05) is 22.4 Å². The largest absolute Gasteiger partial charge is 0.489 e. The summed E-state index contributed by atoms with van der Waals surface area (Å²) in [6, 6.07) is 29.7. The highest BCUT2D eigenvalue weighted by Crippen LogP contribution is 2.42. The third-order valence-corrected chi connectivity index (χ3v) is 21.9. The molecule has 0 spiro atoms. The van der Waals surface area contributed by atoms with E-state index in [1.165, 1.54) is 36.6 Å². The first-order valence-corrected chi connectivity index (χ1v) is 41.6. The fourth-order valence-corrected chi connectivity index (χ4v) is 14.5. The number of nitrogens with zero attached hydrogens (tertiary/aromatic N) is 16. The molecule has 13 heterocycles. The molecule has 0 bridgehead atoms. The van der Waals surface area contributed by atoms with E-state index in [-0.39, 0.29) is 80.2 Å². The second-order valence-corrected chi connectivity index (χ2v) is 31.7. The summed E-state index contributed by atoms with van der Waals surface area (Å²) in [5, 5.41) is 25.9. The van der Waals surface area contributed by atoms with Crippen LogP contribution in [-0.2, 0) is 46.4 Å². The molecule has 6 aromatic heterocycles. The van der Waals surface area contributed by atoms with E-state index in [1.807, 2.05) is 93.6 Å². The van der Waals surface area contributed by atoms with Crippen molar-refractivity contribution in [1.82, 2.24) is 50.6 Å². The topological polar surface area (TPSA) is 561 Å². The highest BCUT2D eigenvalue weighted by Gasteiger charge is 2.35. The average molecular weight is 1810 g/mol. The number of fused-ring (bicyclic) bond motifs is 7. The summed E-state index contributed by atoms with van der Waals surface area (Å²) in [5.41, 5.74) is 53.3. The van der Waals surface area contributed by atoms with E-state index in [1.54, 1.807) is 111 Å². The number of likely N-dealkylation sites (N-methyl/N-ethyl adjacent to an activating group) is 6. The van der Waals surface area contributed by atoms with Crippen LogP contribution in [-0.4, -0.2) is 210 Å². The second-order valence-electron chi connectivity index (χ2n) is 31.7. The van der Waals surface area contributed by atoms with Crippen LogP contribution in [0.4, 0.5) is 48.6 Å². The van der Waals surface area contributed by atoms with Gasteiger partial charge in [-0.25, -0.2) is 8.78 Å². The molecule has 0 fully saturated rings. The lowest BCUT2D eigenvalue weighted by Gasteiger charge is -2.18. The van der Waals surface area contributed by atoms with Crippen molar-refractivity contribution in [2.45, 2.75) is 116 Å². The first-order chi connectivity index (χ1) is 62.9. The highest BCUT2D eigenvalue weighted by atomic mass is 19.1. The van der Waals surface area contributed by atoms with Gasteiger partial charge in [0, 0.05) is 103 Å². The molecule has 7 atom stereocenters. The lowest BCUT2D eigenvalue weighted by atomic mass is 10.0. The van der Waals surface area contributed by atoms with Gasteiger partial charge in [0.05, 0.1) is 69.5 Å². The minimum Gasteiger partial charge on any atom is -0.489 e. The molecular weight excluding hydrogens is 1710 g/mol. The zero-order valence-electron chi connectivity index (χ0n) is 74.5. The molecule has 0 saturated heterocycles. The summed E-state index contributed by atoms with van der Waals surface area (Å²) in [7, 11) is 9.98. The summed E-state index contributed by atoms with van der Waals surface area (Å²) < 4.78 is 75.5. The molecule has 0 saturated carbocycles. The van der Waals surface area contributed by atoms with Gasteiger partial charge >= 0.3 is 0 Å². The molecule has 7 amide bonds. The molecule has 690 valence electrons. The number of nitrogens with two attached hydrogens (primary N) is 7. The molecule has 42 heteroatoms. The third kappa shape index (κ3) is 21.5. The van der Waals surface area contributed by atoms with Crippen LogP contribution in [0.15, 0.2) is 146 Å². The Labute approximate surface area is 755 Å². The monoisotopic (exact) mass is 1810 g/mol. The fourth-order valence-electron chi connectivity index (χ4n) is 14.5. The Bertz CT molecular complexity index is 6070. The Morgan fingerprint density at radius 2 is 0.841 bits per heavy atom. The van der Waals surface area contributed by atoms with E-state index < -0.39 is 48.1 Å². The summed E-state index contributed by atoms with van der Waals surface area (Å²) in [4.78, 5) is 109. The number of benzene rings is 6. The zero-order chi connectivity index (χ0) is 95.0. The molecular formula is C90H100F2N24O16. The molecule has 40 nitrogen and oxygen atoms in total. The Kier molecular flexibility index (Phi) is 29.3. The average Bonchev–Trinajstić information content (AvgIpc) is 1.42. The first-order valence-electron chi connectivity index (χ1n) is 41.6. The number of pyridine rings is 2. The minimum absolute atomic E-state index is 0.151. The van der Waals surface area contributed by atoms with Crippen LogP contribution in [0.1, 0.15) is 64.3 Å². The smallest absolute Gasteiger partial charge is 0.257 e. The summed E-state index contributed by atoms with van der Waals surface area (Å²) in [5.74, 6) is 4.61. The Hall–Kier alpha value is -15.0. The number of nitrogens with one attached hydrogen (secondary N) is 1. The van der Waals surface area contributed by atoms with E-state index in [4.69, 9.17) is 81.7 Å². The molecule has 15 N–H and O–H groups in total. The van der Waals surface area contributed by atoms with Gasteiger partial charge in [0.15, 0.2) is 5.82 Å². The summed E-state index contributed by atoms with van der Waals surface area (Å²) in [6.45, 7) is 13.4. The number of aryl methyl sites for hydroxylation is 9. The molecule has 12 aromatic rings. The SMILES string of the molecule is CN1C(=O)[C@@H](N)CCc2ncc(F)cc21.CN1C(=O)[C@@H](N)COc2ccc(-c3ccccn3)cc21.Cc1cc(F)c2c(c1)CC[C@H](N)C(=O)N2.Cc1nc(-c2ccc3c(c2)N(C)C(=O)[C@@H](N)CO3)no1.Cc1nnc(-c2cc3c(cc2C)OC[C@H](N)C(=O)N3C)o1.Cc1nnc(-c2cc3c(cc2C)OC[C@H](N)C(=O)N3C)o1.Cc1noc(-c2ccc3c(c2)N(C)C(=O)[C@@H](N)CO3)n1. The van der Waals surface area contributed by atoms with Gasteiger partial charge in [-0.15, -0.1) is 20.4 Å². The zero-order valence-corrected chi connectivity index (χ0v) is 74.5. The van der Waals surface area contributed by atoms with Crippen LogP contribution in [0.25, 0.3) is 57.0 Å². The van der Waals surface area contributed by atoms with Gasteiger partial charge < -0.3 is 116 Å². The molecule has 7 aliphatic rings. The molecule has 0 radical (unpaired) electrons. The van der Waals surface area contributed by atoms with Crippen molar-refractivity contribution >= 4 is 81.2 Å². The van der Waals surface area contributed by atoms with Crippen LogP contribution in [0.3, 0.4) is 0 Å². The maximum Gasteiger partial charge on any atom is 0.257 e. The van der Waals surface area contributed by atoms with Gasteiger partial charge in [-0.2, -0.15) is 9.97 Å². The second kappa shape index (κ2) is 40.8. The van der Waals surface area contributed by atoms with E-state index >= 15 is 0 Å². The normalized spacial score (nSPS) is 18.9. The van der Waals surface area contributed by atoms with Gasteiger partial charge in [0.1, 0.15) is 104 Å². The predicted molar refractivity (Wildman–Crippen MR) is 481 cm³/mol. The van der Waals surface area contributed by atoms with E-state index in [0.29, 0.717) is 141 Å². The van der Waals surface area contributed by atoms with Crippen molar-refractivity contribution in [2.24, 2.45) is 40.1 Å². The van der Waals surface area contributed by atoms with Gasteiger partial charge in [-0.3, -0.25) is 43.5 Å². The predicted octanol–water partition coefficient (Wildman–Crippen LogP) is 6.76. The summed E-state index contributed by atoms with van der Waals surface area (Å²) in [6.07, 6.45) is 5.24. The molecule has 7 aliphatic heterocycles. The number of aromatic nitrogens is 10. The quantitative estimate of drug-likeness (QED) is 0.0881. The number of rotatable bonds is 5. The van der Waals surface area contributed by atoms with Gasteiger partial charge in [0.2, 0.25) is 76.6 Å². The van der Waals surface area contributed by atoms with E-state index in [2.05, 4.69) is 56.0 Å². The summed E-state index contributed by atoms with van der Waals surface area (Å²) >= 11 is 0. The lowest BCUT2D eigenvalue weighted by Crippen LogP contribution is -2.43. The Balaban J connectivity index is 0.000000131. The number of ether oxygens (including phenoxy) is 5. The Morgan fingerprint density at radius 1 is 0.402 bits per heavy atom. The van der Waals surface area contributed by atoms with Crippen molar-refractivity contribution in [1.29, 1.82) is 0 Å². The van der Waals surface area contributed by atoms with Crippen LogP contribution in [0.2, 0.25) is 0 Å². The third-order valence-electron chi connectivity index (χ3n) is 21.9. The van der Waals surface area contributed by atoms with Crippen molar-refractivity contribution in [3.63, 3.8) is 0 Å². The lowest BCUT2D eigenvalue weighted by molar-refractivity contribution is -0.120. The number of carbonyl (C=O) groups excluding carboxylic acids is 7. The van der Waals surface area contributed by atoms with Gasteiger partial charge in [-0.05, 0) is 173 Å². The van der Waals surface area contributed by atoms with Crippen LogP contribution < -0.4 is 98.5 Å². The number of hydrogen-bond acceptors (Lipinski definition) is 33. The van der Waals surface area contributed by atoms with Crippen molar-refractivity contribution < 1.29 is 83.9 Å². The van der Waals surface area contributed by atoms with Crippen LogP contribution in [0.5, 0.6) is 28.7 Å². The Morgan fingerprint density at radius 3 is 1.29 bits per heavy atom. The number of amides is 7. The van der Waals surface area contributed by atoms with E-state index in [0.717, 1.165) is 67.7 Å². The van der Waals surface area contributed by atoms with Crippen molar-refractivity contribution in [3.05, 3.63) is 191 Å². The molecule has 19 rings (SSSR count).